The van der Waals surface area contributed by atoms with Crippen LogP contribution in [0.5, 0.6) is 0 Å². The lowest BCUT2D eigenvalue weighted by Crippen LogP contribution is -2.54. The summed E-state index contributed by atoms with van der Waals surface area (Å²) in [6.45, 7) is 3.67. The van der Waals surface area contributed by atoms with E-state index in [4.69, 9.17) is 17.3 Å². The summed E-state index contributed by atoms with van der Waals surface area (Å²) in [4.78, 5) is 52.5. The number of hydrogen-bond donors (Lipinski definition) is 3. The van der Waals surface area contributed by atoms with Gasteiger partial charge in [-0.1, -0.05) is 18.5 Å². The van der Waals surface area contributed by atoms with E-state index in [9.17, 15) is 19.2 Å². The Bertz CT molecular complexity index is 919. The number of carbonyl (C=O) groups is 4. The van der Waals surface area contributed by atoms with Crippen molar-refractivity contribution in [3.63, 3.8) is 0 Å². The second kappa shape index (κ2) is 6.28. The Kier molecular flexibility index (Phi) is 4.24. The molecule has 4 rings (SSSR count). The van der Waals surface area contributed by atoms with Crippen molar-refractivity contribution in [1.82, 2.24) is 10.2 Å². The van der Waals surface area contributed by atoms with Gasteiger partial charge in [-0.15, -0.1) is 0 Å². The largest absolute Gasteiger partial charge is 0.370 e. The van der Waals surface area contributed by atoms with Gasteiger partial charge in [0.2, 0.25) is 23.6 Å². The Labute approximate surface area is 166 Å². The van der Waals surface area contributed by atoms with E-state index >= 15 is 0 Å². The highest BCUT2D eigenvalue weighted by atomic mass is 35.5. The number of carbonyl (C=O) groups excluding carboxylic acids is 4. The first-order valence-electron chi connectivity index (χ1n) is 9.26. The molecule has 9 heteroatoms. The number of nitrogens with zero attached hydrogens (tertiary/aromatic N) is 1. The van der Waals surface area contributed by atoms with E-state index in [1.54, 1.807) is 25.1 Å². The number of fused-ring (bicyclic) bond motifs is 4. The number of benzene rings is 1. The zero-order valence-corrected chi connectivity index (χ0v) is 16.2. The quantitative estimate of drug-likeness (QED) is 0.639. The molecule has 0 bridgehead atoms. The van der Waals surface area contributed by atoms with E-state index in [1.807, 2.05) is 6.92 Å². The van der Waals surface area contributed by atoms with Gasteiger partial charge in [-0.2, -0.15) is 0 Å². The number of rotatable bonds is 4. The first kappa shape index (κ1) is 18.9. The number of nitrogens with two attached hydrogens (primary N) is 1. The lowest BCUT2D eigenvalue weighted by Gasteiger charge is -2.31. The summed E-state index contributed by atoms with van der Waals surface area (Å²) in [5, 5.41) is 6.31. The highest BCUT2D eigenvalue weighted by Crippen LogP contribution is 2.54. The van der Waals surface area contributed by atoms with Crippen LogP contribution < -0.4 is 16.4 Å². The fraction of sp³-hybridized carbons (Fsp3) is 0.474. The van der Waals surface area contributed by atoms with Gasteiger partial charge in [0.15, 0.2) is 0 Å². The Balaban J connectivity index is 1.90. The minimum atomic E-state index is -1.46. The molecule has 2 saturated heterocycles. The average Bonchev–Trinajstić information content (AvgIpc) is 3.20. The van der Waals surface area contributed by atoms with E-state index in [-0.39, 0.29) is 18.4 Å². The lowest BCUT2D eigenvalue weighted by atomic mass is 9.76. The number of nitrogens with one attached hydrogen (secondary N) is 2. The number of halogens is 1. The van der Waals surface area contributed by atoms with Crippen LogP contribution in [0.1, 0.15) is 32.3 Å². The molecule has 4 amide bonds. The molecule has 5 unspecified atom stereocenters. The Hall–Kier alpha value is -2.45. The topological polar surface area (TPSA) is 122 Å². The number of imide groups is 1. The monoisotopic (exact) mass is 404 g/mol. The zero-order valence-electron chi connectivity index (χ0n) is 15.5. The number of amides is 4. The molecule has 0 radical (unpaired) electrons. The third-order valence-corrected chi connectivity index (χ3v) is 6.40. The van der Waals surface area contributed by atoms with Gasteiger partial charge in [-0.25, -0.2) is 0 Å². The molecule has 0 aliphatic carbocycles. The molecule has 0 aromatic heterocycles. The van der Waals surface area contributed by atoms with Crippen LogP contribution in [0.4, 0.5) is 5.69 Å². The fourth-order valence-corrected chi connectivity index (χ4v) is 4.98. The van der Waals surface area contributed by atoms with Gasteiger partial charge in [0.1, 0.15) is 5.54 Å². The van der Waals surface area contributed by atoms with Crippen molar-refractivity contribution >= 4 is 40.9 Å². The molecule has 1 aromatic rings. The summed E-state index contributed by atoms with van der Waals surface area (Å²) in [5.74, 6) is -3.63. The van der Waals surface area contributed by atoms with Crippen LogP contribution in [0.25, 0.3) is 0 Å². The third-order valence-electron chi connectivity index (χ3n) is 6.16. The van der Waals surface area contributed by atoms with E-state index < -0.39 is 41.1 Å². The average molecular weight is 405 g/mol. The predicted octanol–water partition coefficient (Wildman–Crippen LogP) is 0.734. The van der Waals surface area contributed by atoms with Crippen LogP contribution in [-0.2, 0) is 24.7 Å². The van der Waals surface area contributed by atoms with Crippen LogP contribution >= 0.6 is 11.6 Å². The van der Waals surface area contributed by atoms with Gasteiger partial charge < -0.3 is 11.1 Å². The van der Waals surface area contributed by atoms with Gasteiger partial charge in [-0.3, -0.25) is 29.4 Å². The van der Waals surface area contributed by atoms with Gasteiger partial charge in [-0.05, 0) is 31.5 Å². The van der Waals surface area contributed by atoms with E-state index in [2.05, 4.69) is 10.6 Å². The third kappa shape index (κ3) is 2.34. The first-order valence-corrected chi connectivity index (χ1v) is 9.64. The maximum Gasteiger partial charge on any atom is 0.250 e. The van der Waals surface area contributed by atoms with Crippen molar-refractivity contribution in [2.45, 2.75) is 44.3 Å². The minimum Gasteiger partial charge on any atom is -0.370 e. The molecule has 1 aromatic carbocycles. The highest BCUT2D eigenvalue weighted by Gasteiger charge is 2.70. The van der Waals surface area contributed by atoms with Crippen molar-refractivity contribution in [3.05, 3.63) is 28.8 Å². The maximum absolute atomic E-state index is 13.4. The first-order chi connectivity index (χ1) is 13.2. The van der Waals surface area contributed by atoms with Crippen LogP contribution in [0.2, 0.25) is 5.02 Å². The molecule has 148 valence electrons. The smallest absolute Gasteiger partial charge is 0.250 e. The van der Waals surface area contributed by atoms with Gasteiger partial charge in [0.25, 0.3) is 0 Å². The molecule has 3 aliphatic rings. The normalized spacial score (nSPS) is 31.9. The number of anilines is 1. The molecule has 3 aliphatic heterocycles. The van der Waals surface area contributed by atoms with Gasteiger partial charge in [0.05, 0.1) is 11.8 Å². The second-order valence-corrected chi connectivity index (χ2v) is 8.12. The maximum atomic E-state index is 13.4. The van der Waals surface area contributed by atoms with Crippen molar-refractivity contribution in [1.29, 1.82) is 0 Å². The molecular weight excluding hydrogens is 384 g/mol. The lowest BCUT2D eigenvalue weighted by molar-refractivity contribution is -0.145. The van der Waals surface area contributed by atoms with E-state index in [0.29, 0.717) is 22.7 Å². The molecule has 8 nitrogen and oxygen atoms in total. The summed E-state index contributed by atoms with van der Waals surface area (Å²) in [7, 11) is 0. The van der Waals surface area contributed by atoms with Crippen molar-refractivity contribution < 1.29 is 19.2 Å². The molecular formula is C19H21ClN4O4. The Morgan fingerprint density at radius 3 is 2.68 bits per heavy atom. The summed E-state index contributed by atoms with van der Waals surface area (Å²) < 4.78 is 0. The van der Waals surface area contributed by atoms with E-state index in [0.717, 1.165) is 0 Å². The van der Waals surface area contributed by atoms with Gasteiger partial charge in [0, 0.05) is 34.8 Å². The highest BCUT2D eigenvalue weighted by molar-refractivity contribution is 6.31. The molecule has 1 spiro atoms. The number of likely N-dealkylation sites (tertiary alicyclic amines) is 1. The minimum absolute atomic E-state index is 0.153. The molecule has 5 atom stereocenters. The molecule has 28 heavy (non-hydrogen) atoms. The summed E-state index contributed by atoms with van der Waals surface area (Å²) in [6.07, 6.45) is 0.436. The standard InChI is InChI=1S/C19H21ClN4O4/c1-3-8(2)24-16(26)14-12(7-13(21)25)23-19(15(14)17(24)27)10-6-9(20)4-5-11(10)22-18(19)28/h4-6,8,12,14-15,23H,3,7H2,1-2H3,(H2,21,25)(H,22,28). The van der Waals surface area contributed by atoms with E-state index in [1.165, 1.54) is 4.90 Å². The number of hydrogen-bond acceptors (Lipinski definition) is 5. The summed E-state index contributed by atoms with van der Waals surface area (Å²) in [5.41, 5.74) is 4.97. The zero-order chi connectivity index (χ0) is 20.4. The van der Waals surface area contributed by atoms with Crippen LogP contribution in [-0.4, -0.2) is 40.6 Å². The number of primary amides is 1. The SMILES string of the molecule is CCC(C)N1C(=O)C2C(CC(N)=O)NC3(C(=O)Nc4ccc(Cl)cc43)C2C1=O. The predicted molar refractivity (Wildman–Crippen MR) is 101 cm³/mol. The summed E-state index contributed by atoms with van der Waals surface area (Å²) >= 11 is 6.16. The summed E-state index contributed by atoms with van der Waals surface area (Å²) in [6, 6.07) is 3.90. The van der Waals surface area contributed by atoms with Crippen molar-refractivity contribution in [2.75, 3.05) is 5.32 Å². The van der Waals surface area contributed by atoms with Crippen molar-refractivity contribution in [3.8, 4) is 0 Å². The Morgan fingerprint density at radius 2 is 2.04 bits per heavy atom. The van der Waals surface area contributed by atoms with Crippen LogP contribution in [0.15, 0.2) is 18.2 Å². The van der Waals surface area contributed by atoms with Gasteiger partial charge >= 0.3 is 0 Å². The molecule has 2 fully saturated rings. The van der Waals surface area contributed by atoms with Crippen molar-refractivity contribution in [2.24, 2.45) is 17.6 Å². The second-order valence-electron chi connectivity index (χ2n) is 7.68. The molecule has 3 heterocycles. The Morgan fingerprint density at radius 1 is 1.32 bits per heavy atom. The molecule has 4 N–H and O–H groups in total. The van der Waals surface area contributed by atoms with Crippen LogP contribution in [0, 0.1) is 11.8 Å². The fourth-order valence-electron chi connectivity index (χ4n) is 4.80. The van der Waals surface area contributed by atoms with Crippen LogP contribution in [0.3, 0.4) is 0 Å². The molecule has 0 saturated carbocycles.